The summed E-state index contributed by atoms with van der Waals surface area (Å²) in [5.74, 6) is 0.279. The predicted octanol–water partition coefficient (Wildman–Crippen LogP) is 0.486. The van der Waals surface area contributed by atoms with Gasteiger partial charge in [0.1, 0.15) is 0 Å². The maximum atomic E-state index is 12.4. The highest BCUT2D eigenvalue weighted by Gasteiger charge is 2.29. The van der Waals surface area contributed by atoms with Crippen LogP contribution < -0.4 is 5.32 Å². The first-order chi connectivity index (χ1) is 9.12. The number of nitrogens with one attached hydrogen (secondary N) is 1. The number of sulfonamides is 1. The second-order valence-corrected chi connectivity index (χ2v) is 7.68. The van der Waals surface area contributed by atoms with Crippen molar-refractivity contribution in [2.45, 2.75) is 38.6 Å². The first kappa shape index (κ1) is 15.2. The van der Waals surface area contributed by atoms with E-state index in [1.54, 1.807) is 4.31 Å². The SMILES string of the molecule is CCCN1CCN(S(=O)(=O)CC2CCCCN2)CC1. The summed E-state index contributed by atoms with van der Waals surface area (Å²) in [6.07, 6.45) is 4.46. The van der Waals surface area contributed by atoms with E-state index < -0.39 is 10.0 Å². The molecule has 0 spiro atoms. The van der Waals surface area contributed by atoms with Crippen LogP contribution in [0.2, 0.25) is 0 Å². The summed E-state index contributed by atoms with van der Waals surface area (Å²) in [6.45, 7) is 7.29. The van der Waals surface area contributed by atoms with Gasteiger partial charge in [0.2, 0.25) is 10.0 Å². The van der Waals surface area contributed by atoms with Crippen molar-refractivity contribution in [2.24, 2.45) is 0 Å². The van der Waals surface area contributed by atoms with E-state index in [2.05, 4.69) is 17.1 Å². The van der Waals surface area contributed by atoms with Gasteiger partial charge in [-0.05, 0) is 32.4 Å². The summed E-state index contributed by atoms with van der Waals surface area (Å²) < 4.78 is 26.5. The molecule has 0 amide bonds. The molecule has 0 bridgehead atoms. The Balaban J connectivity index is 1.83. The Morgan fingerprint density at radius 3 is 2.47 bits per heavy atom. The van der Waals surface area contributed by atoms with Gasteiger partial charge in [-0.1, -0.05) is 13.3 Å². The Hall–Kier alpha value is -0.170. The molecule has 2 fully saturated rings. The topological polar surface area (TPSA) is 52.7 Å². The van der Waals surface area contributed by atoms with E-state index in [4.69, 9.17) is 0 Å². The van der Waals surface area contributed by atoms with Gasteiger partial charge in [-0.15, -0.1) is 0 Å². The molecule has 1 atom stereocenters. The summed E-state index contributed by atoms with van der Waals surface area (Å²) in [5, 5.41) is 3.33. The van der Waals surface area contributed by atoms with Crippen LogP contribution in [-0.2, 0) is 10.0 Å². The maximum absolute atomic E-state index is 12.4. The number of nitrogens with zero attached hydrogens (tertiary/aromatic N) is 2. The molecule has 2 saturated heterocycles. The molecule has 0 saturated carbocycles. The lowest BCUT2D eigenvalue weighted by Gasteiger charge is -2.35. The molecule has 19 heavy (non-hydrogen) atoms. The Morgan fingerprint density at radius 1 is 1.16 bits per heavy atom. The molecule has 0 aromatic carbocycles. The number of piperidine rings is 1. The van der Waals surface area contributed by atoms with Gasteiger partial charge in [0.15, 0.2) is 0 Å². The molecule has 0 aromatic rings. The van der Waals surface area contributed by atoms with E-state index in [9.17, 15) is 8.42 Å². The van der Waals surface area contributed by atoms with Crippen LogP contribution in [0.4, 0.5) is 0 Å². The molecule has 5 nitrogen and oxygen atoms in total. The second kappa shape index (κ2) is 7.02. The standard InChI is InChI=1S/C13H27N3O2S/c1-2-7-15-8-10-16(11-9-15)19(17,18)12-13-5-3-4-6-14-13/h13-14H,2-12H2,1H3. The van der Waals surface area contributed by atoms with Crippen LogP contribution in [-0.4, -0.2) is 68.7 Å². The minimum atomic E-state index is -3.08. The third-order valence-corrected chi connectivity index (χ3v) is 6.06. The first-order valence-electron chi connectivity index (χ1n) is 7.55. The monoisotopic (exact) mass is 289 g/mol. The van der Waals surface area contributed by atoms with Crippen molar-refractivity contribution < 1.29 is 8.42 Å². The summed E-state index contributed by atoms with van der Waals surface area (Å²) in [4.78, 5) is 2.35. The lowest BCUT2D eigenvalue weighted by atomic mass is 10.1. The highest BCUT2D eigenvalue weighted by atomic mass is 32.2. The van der Waals surface area contributed by atoms with E-state index in [1.807, 2.05) is 0 Å². The number of piperazine rings is 1. The Kier molecular flexibility index (Phi) is 5.62. The Bertz CT molecular complexity index is 358. The largest absolute Gasteiger partial charge is 0.313 e. The molecule has 1 unspecified atom stereocenters. The van der Waals surface area contributed by atoms with Crippen LogP contribution in [0, 0.1) is 0 Å². The lowest BCUT2D eigenvalue weighted by Crippen LogP contribution is -2.51. The molecule has 0 radical (unpaired) electrons. The van der Waals surface area contributed by atoms with Gasteiger partial charge in [0, 0.05) is 32.2 Å². The Morgan fingerprint density at radius 2 is 1.89 bits per heavy atom. The van der Waals surface area contributed by atoms with E-state index in [-0.39, 0.29) is 11.8 Å². The van der Waals surface area contributed by atoms with Crippen molar-refractivity contribution in [3.05, 3.63) is 0 Å². The zero-order chi connectivity index (χ0) is 13.7. The van der Waals surface area contributed by atoms with Gasteiger partial charge >= 0.3 is 0 Å². The van der Waals surface area contributed by atoms with Crippen molar-refractivity contribution >= 4 is 10.0 Å². The van der Waals surface area contributed by atoms with Gasteiger partial charge in [0.05, 0.1) is 5.75 Å². The fourth-order valence-corrected chi connectivity index (χ4v) is 4.70. The fraction of sp³-hybridized carbons (Fsp3) is 1.00. The minimum Gasteiger partial charge on any atom is -0.313 e. The van der Waals surface area contributed by atoms with E-state index in [0.717, 1.165) is 45.4 Å². The molecule has 2 heterocycles. The van der Waals surface area contributed by atoms with E-state index >= 15 is 0 Å². The molecule has 0 aromatic heterocycles. The van der Waals surface area contributed by atoms with Crippen molar-refractivity contribution in [1.82, 2.24) is 14.5 Å². The van der Waals surface area contributed by atoms with Gasteiger partial charge in [-0.25, -0.2) is 8.42 Å². The molecular formula is C13H27N3O2S. The van der Waals surface area contributed by atoms with Crippen molar-refractivity contribution in [2.75, 3.05) is 45.0 Å². The zero-order valence-electron chi connectivity index (χ0n) is 12.0. The van der Waals surface area contributed by atoms with Crippen molar-refractivity contribution in [3.63, 3.8) is 0 Å². The first-order valence-corrected chi connectivity index (χ1v) is 9.16. The summed E-state index contributed by atoms with van der Waals surface area (Å²) >= 11 is 0. The quantitative estimate of drug-likeness (QED) is 0.800. The molecule has 2 aliphatic rings. The van der Waals surface area contributed by atoms with Crippen molar-refractivity contribution in [3.8, 4) is 0 Å². The van der Waals surface area contributed by atoms with Crippen LogP contribution in [0.15, 0.2) is 0 Å². The van der Waals surface area contributed by atoms with E-state index in [1.165, 1.54) is 6.42 Å². The summed E-state index contributed by atoms with van der Waals surface area (Å²) in [6, 6.07) is 0.160. The molecule has 1 N–H and O–H groups in total. The van der Waals surface area contributed by atoms with Gasteiger partial charge in [0.25, 0.3) is 0 Å². The Labute approximate surface area is 117 Å². The molecule has 2 aliphatic heterocycles. The number of hydrogen-bond donors (Lipinski definition) is 1. The average molecular weight is 289 g/mol. The second-order valence-electron chi connectivity index (χ2n) is 5.67. The minimum absolute atomic E-state index is 0.160. The molecule has 6 heteroatoms. The highest BCUT2D eigenvalue weighted by molar-refractivity contribution is 7.89. The van der Waals surface area contributed by atoms with Gasteiger partial charge in [-0.3, -0.25) is 0 Å². The highest BCUT2D eigenvalue weighted by Crippen LogP contribution is 2.14. The fourth-order valence-electron chi connectivity index (χ4n) is 2.97. The van der Waals surface area contributed by atoms with Crippen LogP contribution in [0.1, 0.15) is 32.6 Å². The molecular weight excluding hydrogens is 262 g/mol. The normalized spacial score (nSPS) is 27.5. The van der Waals surface area contributed by atoms with Gasteiger partial charge < -0.3 is 10.2 Å². The summed E-state index contributed by atoms with van der Waals surface area (Å²) in [7, 11) is -3.08. The maximum Gasteiger partial charge on any atom is 0.215 e. The molecule has 0 aliphatic carbocycles. The smallest absolute Gasteiger partial charge is 0.215 e. The third-order valence-electron chi connectivity index (χ3n) is 4.09. The summed E-state index contributed by atoms with van der Waals surface area (Å²) in [5.41, 5.74) is 0. The number of rotatable bonds is 5. The zero-order valence-corrected chi connectivity index (χ0v) is 12.8. The number of hydrogen-bond acceptors (Lipinski definition) is 4. The van der Waals surface area contributed by atoms with Crippen LogP contribution >= 0.6 is 0 Å². The van der Waals surface area contributed by atoms with Gasteiger partial charge in [-0.2, -0.15) is 4.31 Å². The third kappa shape index (κ3) is 4.41. The van der Waals surface area contributed by atoms with Crippen molar-refractivity contribution in [1.29, 1.82) is 0 Å². The molecule has 112 valence electrons. The van der Waals surface area contributed by atoms with Crippen LogP contribution in [0.25, 0.3) is 0 Å². The van der Waals surface area contributed by atoms with E-state index in [0.29, 0.717) is 13.1 Å². The predicted molar refractivity (Wildman–Crippen MR) is 77.7 cm³/mol. The average Bonchev–Trinajstić information content (AvgIpc) is 2.40. The van der Waals surface area contributed by atoms with Crippen LogP contribution in [0.5, 0.6) is 0 Å². The molecule has 2 rings (SSSR count). The lowest BCUT2D eigenvalue weighted by molar-refractivity contribution is 0.188. The van der Waals surface area contributed by atoms with Crippen LogP contribution in [0.3, 0.4) is 0 Å².